The number of anilines is 1. The molecule has 0 heterocycles. The van der Waals surface area contributed by atoms with Crippen LogP contribution < -0.4 is 5.32 Å². The highest BCUT2D eigenvalue weighted by Crippen LogP contribution is 2.36. The van der Waals surface area contributed by atoms with E-state index in [0.717, 1.165) is 16.8 Å². The summed E-state index contributed by atoms with van der Waals surface area (Å²) in [6, 6.07) is 11.6. The maximum atomic E-state index is 6.28. The predicted molar refractivity (Wildman–Crippen MR) is 90.7 cm³/mol. The normalized spacial score (nSPS) is 12.2. The fourth-order valence-corrected chi connectivity index (χ4v) is 2.84. The van der Waals surface area contributed by atoms with Gasteiger partial charge in [0, 0.05) is 18.4 Å². The Hall–Kier alpha value is -0.930. The molecule has 0 saturated carbocycles. The Morgan fingerprint density at radius 3 is 2.48 bits per heavy atom. The molecular weight excluding hydrogens is 329 g/mol. The zero-order chi connectivity index (χ0) is 15.4. The molecule has 1 N–H and O–H groups in total. The molecule has 112 valence electrons. The first-order valence-corrected chi connectivity index (χ1v) is 7.64. The van der Waals surface area contributed by atoms with Crippen molar-refractivity contribution < 1.29 is 4.74 Å². The van der Waals surface area contributed by atoms with Crippen molar-refractivity contribution in [2.75, 3.05) is 12.4 Å². The van der Waals surface area contributed by atoms with E-state index in [9.17, 15) is 0 Å². The van der Waals surface area contributed by atoms with Gasteiger partial charge >= 0.3 is 0 Å². The lowest BCUT2D eigenvalue weighted by molar-refractivity contribution is 0.185. The second kappa shape index (κ2) is 7.37. The quantitative estimate of drug-likeness (QED) is 0.675. The smallest absolute Gasteiger partial charge is 0.0782 e. The Bertz CT molecular complexity index is 631. The van der Waals surface area contributed by atoms with Crippen LogP contribution in [0.4, 0.5) is 5.69 Å². The van der Waals surface area contributed by atoms with Gasteiger partial charge in [-0.2, -0.15) is 0 Å². The minimum Gasteiger partial charge on any atom is -0.380 e. The molecule has 0 saturated heterocycles. The van der Waals surface area contributed by atoms with Crippen LogP contribution in [0.3, 0.4) is 0 Å². The Balaban J connectivity index is 2.26. The SMILES string of the molecule is COCc1ccccc1NC(C)c1ccc(Cl)c(Cl)c1Cl. The van der Waals surface area contributed by atoms with Crippen LogP contribution in [0.2, 0.25) is 15.1 Å². The average Bonchev–Trinajstić information content (AvgIpc) is 2.47. The monoisotopic (exact) mass is 343 g/mol. The zero-order valence-corrected chi connectivity index (χ0v) is 14.1. The summed E-state index contributed by atoms with van der Waals surface area (Å²) in [5.41, 5.74) is 3.00. The lowest BCUT2D eigenvalue weighted by Crippen LogP contribution is -2.09. The summed E-state index contributed by atoms with van der Waals surface area (Å²) >= 11 is 18.3. The Morgan fingerprint density at radius 2 is 1.76 bits per heavy atom. The average molecular weight is 345 g/mol. The molecular formula is C16H16Cl3NO. The second-order valence-corrected chi connectivity index (χ2v) is 5.88. The predicted octanol–water partition coefficient (Wildman–Crippen LogP) is 5.97. The van der Waals surface area contributed by atoms with Gasteiger partial charge in [-0.3, -0.25) is 0 Å². The highest BCUT2D eigenvalue weighted by molar-refractivity contribution is 6.48. The van der Waals surface area contributed by atoms with Crippen molar-refractivity contribution in [2.24, 2.45) is 0 Å². The number of benzene rings is 2. The van der Waals surface area contributed by atoms with E-state index in [1.165, 1.54) is 0 Å². The van der Waals surface area contributed by atoms with Crippen LogP contribution in [0, 0.1) is 0 Å². The molecule has 0 aliphatic heterocycles. The van der Waals surface area contributed by atoms with E-state index in [1.54, 1.807) is 13.2 Å². The summed E-state index contributed by atoms with van der Waals surface area (Å²) in [6.45, 7) is 2.57. The molecule has 1 atom stereocenters. The molecule has 21 heavy (non-hydrogen) atoms. The second-order valence-electron chi connectivity index (χ2n) is 4.72. The first-order chi connectivity index (χ1) is 10.0. The Labute approximate surface area is 140 Å². The standard InChI is InChI=1S/C16H16Cl3NO/c1-10(12-7-8-13(17)16(19)15(12)18)20-14-6-4-3-5-11(14)9-21-2/h3-8,10,20H,9H2,1-2H3. The van der Waals surface area contributed by atoms with E-state index >= 15 is 0 Å². The maximum absolute atomic E-state index is 6.28. The van der Waals surface area contributed by atoms with Gasteiger partial charge in [0.1, 0.15) is 0 Å². The highest BCUT2D eigenvalue weighted by atomic mass is 35.5. The van der Waals surface area contributed by atoms with Gasteiger partial charge in [0.25, 0.3) is 0 Å². The Morgan fingerprint density at radius 1 is 1.05 bits per heavy atom. The summed E-state index contributed by atoms with van der Waals surface area (Å²) in [5, 5.41) is 4.75. The lowest BCUT2D eigenvalue weighted by Gasteiger charge is -2.20. The van der Waals surface area contributed by atoms with Gasteiger partial charge < -0.3 is 10.1 Å². The minimum absolute atomic E-state index is 0.00901. The van der Waals surface area contributed by atoms with E-state index in [2.05, 4.69) is 5.32 Å². The van der Waals surface area contributed by atoms with Gasteiger partial charge in [-0.25, -0.2) is 0 Å². The molecule has 5 heteroatoms. The topological polar surface area (TPSA) is 21.3 Å². The molecule has 1 unspecified atom stereocenters. The highest BCUT2D eigenvalue weighted by Gasteiger charge is 2.15. The van der Waals surface area contributed by atoms with E-state index in [1.807, 2.05) is 37.3 Å². The summed E-state index contributed by atoms with van der Waals surface area (Å²) in [6.07, 6.45) is 0. The van der Waals surface area contributed by atoms with Crippen molar-refractivity contribution >= 4 is 40.5 Å². The summed E-state index contributed by atoms with van der Waals surface area (Å²) in [5.74, 6) is 0. The third-order valence-corrected chi connectivity index (χ3v) is 4.53. The first-order valence-electron chi connectivity index (χ1n) is 6.51. The van der Waals surface area contributed by atoms with Crippen molar-refractivity contribution in [3.63, 3.8) is 0 Å². The number of hydrogen-bond donors (Lipinski definition) is 1. The molecule has 0 fully saturated rings. The molecule has 0 radical (unpaired) electrons. The van der Waals surface area contributed by atoms with Crippen molar-refractivity contribution in [1.82, 2.24) is 0 Å². The van der Waals surface area contributed by atoms with E-state index in [0.29, 0.717) is 21.7 Å². The van der Waals surface area contributed by atoms with Crippen LogP contribution in [0.25, 0.3) is 0 Å². The van der Waals surface area contributed by atoms with Crippen molar-refractivity contribution in [2.45, 2.75) is 19.6 Å². The number of halogens is 3. The molecule has 0 aliphatic carbocycles. The molecule has 2 aromatic carbocycles. The van der Waals surface area contributed by atoms with E-state index in [4.69, 9.17) is 39.5 Å². The van der Waals surface area contributed by atoms with Crippen LogP contribution >= 0.6 is 34.8 Å². The number of rotatable bonds is 5. The fraction of sp³-hybridized carbons (Fsp3) is 0.250. The molecule has 0 amide bonds. The number of methoxy groups -OCH3 is 1. The summed E-state index contributed by atoms with van der Waals surface area (Å²) in [7, 11) is 1.68. The maximum Gasteiger partial charge on any atom is 0.0782 e. The molecule has 0 spiro atoms. The lowest BCUT2D eigenvalue weighted by atomic mass is 10.1. The number of hydrogen-bond acceptors (Lipinski definition) is 2. The van der Waals surface area contributed by atoms with Crippen LogP contribution in [0.15, 0.2) is 36.4 Å². The van der Waals surface area contributed by atoms with Crippen LogP contribution in [0.1, 0.15) is 24.1 Å². The fourth-order valence-electron chi connectivity index (χ4n) is 2.13. The van der Waals surface area contributed by atoms with Crippen LogP contribution in [0.5, 0.6) is 0 Å². The van der Waals surface area contributed by atoms with Crippen LogP contribution in [-0.4, -0.2) is 7.11 Å². The largest absolute Gasteiger partial charge is 0.380 e. The van der Waals surface area contributed by atoms with Crippen molar-refractivity contribution in [3.05, 3.63) is 62.6 Å². The van der Waals surface area contributed by atoms with Gasteiger partial charge in [-0.15, -0.1) is 0 Å². The van der Waals surface area contributed by atoms with Gasteiger partial charge in [0.15, 0.2) is 0 Å². The van der Waals surface area contributed by atoms with Gasteiger partial charge in [0.2, 0.25) is 0 Å². The first kappa shape index (κ1) is 16.4. The van der Waals surface area contributed by atoms with Crippen molar-refractivity contribution in [1.29, 1.82) is 0 Å². The molecule has 2 nitrogen and oxygen atoms in total. The van der Waals surface area contributed by atoms with Crippen LogP contribution in [-0.2, 0) is 11.3 Å². The minimum atomic E-state index is -0.00901. The molecule has 0 bridgehead atoms. The van der Waals surface area contributed by atoms with Gasteiger partial charge in [0.05, 0.1) is 27.7 Å². The van der Waals surface area contributed by atoms with Gasteiger partial charge in [-0.05, 0) is 24.6 Å². The van der Waals surface area contributed by atoms with E-state index in [-0.39, 0.29) is 6.04 Å². The third kappa shape index (κ3) is 3.83. The number of nitrogens with one attached hydrogen (secondary N) is 1. The third-order valence-electron chi connectivity index (χ3n) is 3.22. The number of ether oxygens (including phenoxy) is 1. The van der Waals surface area contributed by atoms with Gasteiger partial charge in [-0.1, -0.05) is 59.1 Å². The molecule has 2 aromatic rings. The Kier molecular flexibility index (Phi) is 5.77. The summed E-state index contributed by atoms with van der Waals surface area (Å²) in [4.78, 5) is 0. The molecule has 0 aliphatic rings. The summed E-state index contributed by atoms with van der Waals surface area (Å²) < 4.78 is 5.21. The molecule has 0 aromatic heterocycles. The molecule has 2 rings (SSSR count). The van der Waals surface area contributed by atoms with Crippen molar-refractivity contribution in [3.8, 4) is 0 Å². The van der Waals surface area contributed by atoms with E-state index < -0.39 is 0 Å². The zero-order valence-electron chi connectivity index (χ0n) is 11.8. The number of para-hydroxylation sites is 1.